The average molecular weight is 330 g/mol. The van der Waals surface area contributed by atoms with E-state index in [0.717, 1.165) is 23.1 Å². The molecule has 1 aromatic heterocycles. The third-order valence-corrected chi connectivity index (χ3v) is 4.84. The van der Waals surface area contributed by atoms with Crippen molar-refractivity contribution in [3.8, 4) is 0 Å². The third-order valence-electron chi connectivity index (χ3n) is 2.95. The summed E-state index contributed by atoms with van der Waals surface area (Å²) >= 11 is 2.28. The first-order valence-corrected chi connectivity index (χ1v) is 7.84. The molecule has 0 bridgehead atoms. The van der Waals surface area contributed by atoms with E-state index in [1.165, 1.54) is 0 Å². The normalized spacial score (nSPS) is 21.5. The Bertz CT molecular complexity index is 591. The van der Waals surface area contributed by atoms with Gasteiger partial charge in [-0.2, -0.15) is 5.01 Å². The number of urea groups is 1. The average Bonchev–Trinajstić information content (AvgIpc) is 2.94. The molecule has 114 valence electrons. The van der Waals surface area contributed by atoms with Crippen LogP contribution in [0.25, 0.3) is 0 Å². The molecular formula is C10H14N6O3S2. The second-order valence-electron chi connectivity index (χ2n) is 4.49. The van der Waals surface area contributed by atoms with Gasteiger partial charge in [-0.3, -0.25) is 15.0 Å². The van der Waals surface area contributed by atoms with Crippen LogP contribution in [0.5, 0.6) is 0 Å². The summed E-state index contributed by atoms with van der Waals surface area (Å²) in [5.41, 5.74) is 6.72. The molecule has 1 aliphatic rings. The number of nitrogen functional groups attached to an aromatic ring is 1. The maximum atomic E-state index is 12.1. The summed E-state index contributed by atoms with van der Waals surface area (Å²) in [7, 11) is 0. The Morgan fingerprint density at radius 3 is 2.76 bits per heavy atom. The number of hydrogen-bond acceptors (Lipinski definition) is 8. The molecule has 0 saturated carbocycles. The first kappa shape index (κ1) is 15.5. The molecular weight excluding hydrogens is 316 g/mol. The van der Waals surface area contributed by atoms with E-state index in [1.54, 1.807) is 13.8 Å². The zero-order chi connectivity index (χ0) is 15.6. The highest BCUT2D eigenvalue weighted by Crippen LogP contribution is 2.23. The lowest BCUT2D eigenvalue weighted by Crippen LogP contribution is -2.49. The maximum absolute atomic E-state index is 12.1. The van der Waals surface area contributed by atoms with Gasteiger partial charge in [-0.05, 0) is 13.3 Å². The van der Waals surface area contributed by atoms with Gasteiger partial charge >= 0.3 is 6.03 Å². The Kier molecular flexibility index (Phi) is 4.32. The van der Waals surface area contributed by atoms with Crippen molar-refractivity contribution in [2.24, 2.45) is 0 Å². The van der Waals surface area contributed by atoms with Crippen LogP contribution < -0.4 is 16.5 Å². The molecule has 4 amide bonds. The fourth-order valence-electron chi connectivity index (χ4n) is 1.59. The summed E-state index contributed by atoms with van der Waals surface area (Å²) in [5.74, 6) is -0.972. The first-order chi connectivity index (χ1) is 9.85. The number of thioether (sulfide) groups is 1. The Morgan fingerprint density at radius 2 is 2.24 bits per heavy atom. The molecule has 1 fully saturated rings. The number of hydrogen-bond donors (Lipinski definition) is 3. The van der Waals surface area contributed by atoms with Gasteiger partial charge in [0.25, 0.3) is 5.91 Å². The van der Waals surface area contributed by atoms with Crippen molar-refractivity contribution in [3.63, 3.8) is 0 Å². The molecule has 21 heavy (non-hydrogen) atoms. The van der Waals surface area contributed by atoms with E-state index in [2.05, 4.69) is 20.9 Å². The molecule has 2 heterocycles. The number of carbonyl (C=O) groups is 3. The van der Waals surface area contributed by atoms with Crippen molar-refractivity contribution in [2.45, 2.75) is 30.1 Å². The molecule has 2 rings (SSSR count). The molecule has 0 aliphatic carbocycles. The van der Waals surface area contributed by atoms with Gasteiger partial charge in [0.1, 0.15) is 5.54 Å². The van der Waals surface area contributed by atoms with Gasteiger partial charge in [0.15, 0.2) is 4.34 Å². The number of nitrogens with one attached hydrogen (secondary N) is 2. The minimum absolute atomic E-state index is 0.00542. The number of imide groups is 1. The largest absolute Gasteiger partial charge is 0.374 e. The van der Waals surface area contributed by atoms with Crippen molar-refractivity contribution in [3.05, 3.63) is 0 Å². The van der Waals surface area contributed by atoms with Gasteiger partial charge < -0.3 is 11.1 Å². The van der Waals surface area contributed by atoms with E-state index < -0.39 is 23.4 Å². The Balaban J connectivity index is 1.91. The van der Waals surface area contributed by atoms with Crippen molar-refractivity contribution < 1.29 is 14.4 Å². The Hall–Kier alpha value is -1.88. The molecule has 1 aliphatic heterocycles. The van der Waals surface area contributed by atoms with Gasteiger partial charge in [0.05, 0.1) is 5.75 Å². The molecule has 0 aromatic carbocycles. The number of anilines is 1. The van der Waals surface area contributed by atoms with E-state index in [9.17, 15) is 14.4 Å². The van der Waals surface area contributed by atoms with Crippen molar-refractivity contribution >= 4 is 46.1 Å². The fraction of sp³-hybridized carbons (Fsp3) is 0.500. The number of carbonyl (C=O) groups excluding carboxylic acids is 3. The SMILES string of the molecule is CC[C@@]1(C)NC(=O)N(NC(=O)CSc2nnc(N)s2)C1=O. The number of nitrogens with zero attached hydrogens (tertiary/aromatic N) is 3. The van der Waals surface area contributed by atoms with E-state index in [4.69, 9.17) is 5.73 Å². The molecule has 4 N–H and O–H groups in total. The summed E-state index contributed by atoms with van der Waals surface area (Å²) < 4.78 is 0.540. The number of nitrogens with two attached hydrogens (primary N) is 1. The topological polar surface area (TPSA) is 130 Å². The van der Waals surface area contributed by atoms with Gasteiger partial charge in [0, 0.05) is 0 Å². The van der Waals surface area contributed by atoms with E-state index in [-0.39, 0.29) is 5.75 Å². The lowest BCUT2D eigenvalue weighted by atomic mass is 10.00. The number of aromatic nitrogens is 2. The van der Waals surface area contributed by atoms with Crippen LogP contribution in [-0.2, 0) is 9.59 Å². The van der Waals surface area contributed by atoms with Crippen LogP contribution in [0.3, 0.4) is 0 Å². The van der Waals surface area contributed by atoms with Crippen LogP contribution in [0.2, 0.25) is 0 Å². The van der Waals surface area contributed by atoms with Crippen molar-refractivity contribution in [1.29, 1.82) is 0 Å². The predicted molar refractivity (Wildman–Crippen MR) is 77.3 cm³/mol. The molecule has 0 radical (unpaired) electrons. The summed E-state index contributed by atoms with van der Waals surface area (Å²) in [5, 5.41) is 10.9. The molecule has 1 saturated heterocycles. The van der Waals surface area contributed by atoms with Crippen LogP contribution in [0.4, 0.5) is 9.93 Å². The number of rotatable bonds is 5. The Morgan fingerprint density at radius 1 is 1.52 bits per heavy atom. The summed E-state index contributed by atoms with van der Waals surface area (Å²) in [6.07, 6.45) is 0.433. The predicted octanol–water partition coefficient (Wildman–Crippen LogP) is -0.0359. The molecule has 0 unspecified atom stereocenters. The Labute approximate surface area is 128 Å². The lowest BCUT2D eigenvalue weighted by Gasteiger charge is -2.19. The van der Waals surface area contributed by atoms with Crippen LogP contribution in [0.1, 0.15) is 20.3 Å². The van der Waals surface area contributed by atoms with Crippen LogP contribution in [-0.4, -0.2) is 44.3 Å². The van der Waals surface area contributed by atoms with Gasteiger partial charge in [-0.1, -0.05) is 30.0 Å². The lowest BCUT2D eigenvalue weighted by molar-refractivity contribution is -0.137. The minimum Gasteiger partial charge on any atom is -0.374 e. The highest BCUT2D eigenvalue weighted by Gasteiger charge is 2.47. The van der Waals surface area contributed by atoms with Crippen LogP contribution >= 0.6 is 23.1 Å². The van der Waals surface area contributed by atoms with E-state index in [1.807, 2.05) is 0 Å². The second-order valence-corrected chi connectivity index (χ2v) is 6.72. The monoisotopic (exact) mass is 330 g/mol. The zero-order valence-corrected chi connectivity index (χ0v) is 13.0. The third kappa shape index (κ3) is 3.24. The maximum Gasteiger partial charge on any atom is 0.344 e. The van der Waals surface area contributed by atoms with Crippen LogP contribution in [0.15, 0.2) is 4.34 Å². The quantitative estimate of drug-likeness (QED) is 0.510. The second kappa shape index (κ2) is 5.85. The zero-order valence-electron chi connectivity index (χ0n) is 11.4. The van der Waals surface area contributed by atoms with Gasteiger partial charge in [-0.15, -0.1) is 10.2 Å². The summed E-state index contributed by atoms with van der Waals surface area (Å²) in [6, 6.07) is -0.636. The van der Waals surface area contributed by atoms with Crippen molar-refractivity contribution in [1.82, 2.24) is 25.9 Å². The highest BCUT2D eigenvalue weighted by molar-refractivity contribution is 8.01. The van der Waals surface area contributed by atoms with Crippen molar-refractivity contribution in [2.75, 3.05) is 11.5 Å². The highest BCUT2D eigenvalue weighted by atomic mass is 32.2. The smallest absolute Gasteiger partial charge is 0.344 e. The standard InChI is InChI=1S/C10H14N6O3S2/c1-3-10(2)6(18)16(8(19)12-10)15-5(17)4-20-9-14-13-7(11)21-9/h3-4H2,1-2H3,(H2,11,13)(H,12,19)(H,15,17)/t10-/m1/s1. The minimum atomic E-state index is -0.981. The molecule has 1 aromatic rings. The molecule has 9 nitrogen and oxygen atoms in total. The van der Waals surface area contributed by atoms with E-state index >= 15 is 0 Å². The van der Waals surface area contributed by atoms with Gasteiger partial charge in [0.2, 0.25) is 11.0 Å². The number of hydrazine groups is 1. The number of amides is 4. The fourth-order valence-corrected chi connectivity index (χ4v) is 3.02. The molecule has 11 heteroatoms. The molecule has 0 spiro atoms. The summed E-state index contributed by atoms with van der Waals surface area (Å²) in [6.45, 7) is 3.39. The van der Waals surface area contributed by atoms with Crippen LogP contribution in [0, 0.1) is 0 Å². The van der Waals surface area contributed by atoms with Gasteiger partial charge in [-0.25, -0.2) is 4.79 Å². The molecule has 1 atom stereocenters. The first-order valence-electron chi connectivity index (χ1n) is 6.03. The van der Waals surface area contributed by atoms with E-state index in [0.29, 0.717) is 20.9 Å². The summed E-state index contributed by atoms with van der Waals surface area (Å²) in [4.78, 5) is 35.6.